The lowest BCUT2D eigenvalue weighted by Gasteiger charge is -2.23. The molecule has 0 aromatic carbocycles. The first kappa shape index (κ1) is 8.71. The van der Waals surface area contributed by atoms with Crippen LogP contribution in [0, 0.1) is 0 Å². The lowest BCUT2D eigenvalue weighted by Crippen LogP contribution is -2.37. The fourth-order valence-electron chi connectivity index (χ4n) is 1.01. The monoisotopic (exact) mass is 166 g/mol. The van der Waals surface area contributed by atoms with Crippen LogP contribution in [0.1, 0.15) is 13.8 Å². The first-order valence-electron chi connectivity index (χ1n) is 3.64. The second kappa shape index (κ2) is 2.93. The van der Waals surface area contributed by atoms with Crippen LogP contribution >= 0.6 is 0 Å². The molecule has 0 saturated heterocycles. The van der Waals surface area contributed by atoms with Gasteiger partial charge in [-0.2, -0.15) is 0 Å². The molecule has 0 aromatic heterocycles. The van der Waals surface area contributed by atoms with Gasteiger partial charge in [0.05, 0.1) is 0 Å². The van der Waals surface area contributed by atoms with Crippen LogP contribution in [0.25, 0.3) is 0 Å². The third kappa shape index (κ3) is 1.61. The third-order valence-electron chi connectivity index (χ3n) is 1.62. The van der Waals surface area contributed by atoms with Gasteiger partial charge < -0.3 is 4.74 Å². The zero-order valence-corrected chi connectivity index (χ0v) is 7.03. The Balaban J connectivity index is 2.83. The van der Waals surface area contributed by atoms with Crippen LogP contribution in [0.15, 0.2) is 24.3 Å². The van der Waals surface area contributed by atoms with Crippen molar-refractivity contribution in [3.63, 3.8) is 0 Å². The Kier molecular flexibility index (Phi) is 2.13. The fourth-order valence-corrected chi connectivity index (χ4v) is 1.01. The van der Waals surface area contributed by atoms with E-state index in [1.807, 2.05) is 0 Å². The largest absolute Gasteiger partial charge is 0.447 e. The minimum Gasteiger partial charge on any atom is -0.447 e. The highest BCUT2D eigenvalue weighted by Crippen LogP contribution is 2.18. The standard InChI is InChI=1S/C9H10O3/c1-7(10)12-9(2)6-4-3-5-8(9)11/h3-6H,1-2H3. The zero-order valence-electron chi connectivity index (χ0n) is 7.03. The molecule has 0 bridgehead atoms. The summed E-state index contributed by atoms with van der Waals surface area (Å²) in [4.78, 5) is 21.9. The molecule has 0 aliphatic heterocycles. The number of hydrogen-bond donors (Lipinski definition) is 0. The van der Waals surface area contributed by atoms with E-state index in [2.05, 4.69) is 0 Å². The Morgan fingerprint density at radius 3 is 2.67 bits per heavy atom. The van der Waals surface area contributed by atoms with E-state index in [9.17, 15) is 9.59 Å². The summed E-state index contributed by atoms with van der Waals surface area (Å²) in [5.74, 6) is -0.661. The maximum Gasteiger partial charge on any atom is 0.303 e. The molecule has 0 fully saturated rings. The molecule has 3 heteroatoms. The van der Waals surface area contributed by atoms with Crippen LogP contribution in [0.3, 0.4) is 0 Å². The quantitative estimate of drug-likeness (QED) is 0.546. The number of allylic oxidation sites excluding steroid dienone is 2. The van der Waals surface area contributed by atoms with Gasteiger partial charge in [0.1, 0.15) is 0 Å². The number of hydrogen-bond acceptors (Lipinski definition) is 3. The summed E-state index contributed by atoms with van der Waals surface area (Å²) in [6, 6.07) is 0. The van der Waals surface area contributed by atoms with Crippen molar-refractivity contribution in [2.75, 3.05) is 0 Å². The van der Waals surface area contributed by atoms with Gasteiger partial charge in [0.15, 0.2) is 5.60 Å². The highest BCUT2D eigenvalue weighted by atomic mass is 16.6. The van der Waals surface area contributed by atoms with E-state index in [0.29, 0.717) is 0 Å². The van der Waals surface area contributed by atoms with Gasteiger partial charge in [-0.25, -0.2) is 0 Å². The summed E-state index contributed by atoms with van der Waals surface area (Å²) in [6.07, 6.45) is 6.26. The molecule has 0 spiro atoms. The summed E-state index contributed by atoms with van der Waals surface area (Å²) in [5, 5.41) is 0. The van der Waals surface area contributed by atoms with E-state index in [-0.39, 0.29) is 5.78 Å². The molecule has 0 N–H and O–H groups in total. The van der Waals surface area contributed by atoms with Gasteiger partial charge in [0, 0.05) is 6.92 Å². The topological polar surface area (TPSA) is 43.4 Å². The second-order valence-electron chi connectivity index (χ2n) is 2.78. The molecular weight excluding hydrogens is 156 g/mol. The molecular formula is C9H10O3. The molecule has 0 heterocycles. The van der Waals surface area contributed by atoms with Gasteiger partial charge in [-0.15, -0.1) is 0 Å². The van der Waals surface area contributed by atoms with Gasteiger partial charge >= 0.3 is 5.97 Å². The Bertz CT molecular complexity index is 275. The van der Waals surface area contributed by atoms with Gasteiger partial charge in [0.25, 0.3) is 0 Å². The summed E-state index contributed by atoms with van der Waals surface area (Å²) < 4.78 is 4.86. The van der Waals surface area contributed by atoms with Crippen LogP contribution in [0.4, 0.5) is 0 Å². The number of carbonyl (C=O) groups is 2. The third-order valence-corrected chi connectivity index (χ3v) is 1.62. The normalized spacial score (nSPS) is 27.3. The molecule has 1 atom stereocenters. The number of ether oxygens (including phenoxy) is 1. The molecule has 1 aliphatic rings. The van der Waals surface area contributed by atoms with Gasteiger partial charge in [-0.3, -0.25) is 9.59 Å². The molecule has 12 heavy (non-hydrogen) atoms. The SMILES string of the molecule is CC(=O)OC1(C)C=CC=CC1=O. The van der Waals surface area contributed by atoms with Gasteiger partial charge in [0.2, 0.25) is 5.78 Å². The highest BCUT2D eigenvalue weighted by molar-refractivity contribution is 6.00. The van der Waals surface area contributed by atoms with Crippen LogP contribution in [0.5, 0.6) is 0 Å². The molecule has 0 radical (unpaired) electrons. The van der Waals surface area contributed by atoms with E-state index in [4.69, 9.17) is 4.74 Å². The van der Waals surface area contributed by atoms with Crippen molar-refractivity contribution in [3.8, 4) is 0 Å². The van der Waals surface area contributed by atoms with E-state index >= 15 is 0 Å². The van der Waals surface area contributed by atoms with Crippen LogP contribution in [-0.4, -0.2) is 17.4 Å². The maximum absolute atomic E-state index is 11.2. The second-order valence-corrected chi connectivity index (χ2v) is 2.78. The number of esters is 1. The molecule has 1 rings (SSSR count). The van der Waals surface area contributed by atoms with E-state index in [1.165, 1.54) is 13.0 Å². The summed E-state index contributed by atoms with van der Waals surface area (Å²) in [5.41, 5.74) is -1.10. The number of rotatable bonds is 1. The van der Waals surface area contributed by atoms with E-state index in [0.717, 1.165) is 0 Å². The van der Waals surface area contributed by atoms with Gasteiger partial charge in [-0.1, -0.05) is 12.2 Å². The number of carbonyl (C=O) groups excluding carboxylic acids is 2. The Hall–Kier alpha value is -1.38. The maximum atomic E-state index is 11.2. The Morgan fingerprint density at radius 1 is 1.50 bits per heavy atom. The van der Waals surface area contributed by atoms with Crippen LogP contribution in [0.2, 0.25) is 0 Å². The highest BCUT2D eigenvalue weighted by Gasteiger charge is 2.32. The van der Waals surface area contributed by atoms with Crippen molar-refractivity contribution in [1.82, 2.24) is 0 Å². The average molecular weight is 166 g/mol. The van der Waals surface area contributed by atoms with E-state index in [1.54, 1.807) is 25.2 Å². The summed E-state index contributed by atoms with van der Waals surface area (Å²) in [6.45, 7) is 2.85. The van der Waals surface area contributed by atoms with Crippen molar-refractivity contribution >= 4 is 11.8 Å². The van der Waals surface area contributed by atoms with Crippen LogP contribution in [-0.2, 0) is 14.3 Å². The van der Waals surface area contributed by atoms with Crippen molar-refractivity contribution in [1.29, 1.82) is 0 Å². The molecule has 1 unspecified atom stereocenters. The molecule has 64 valence electrons. The minimum atomic E-state index is -1.10. The minimum absolute atomic E-state index is 0.208. The predicted molar refractivity (Wildman–Crippen MR) is 43.5 cm³/mol. The lowest BCUT2D eigenvalue weighted by molar-refractivity contribution is -0.157. The van der Waals surface area contributed by atoms with Crippen molar-refractivity contribution in [3.05, 3.63) is 24.3 Å². The summed E-state index contributed by atoms with van der Waals surface area (Å²) >= 11 is 0. The lowest BCUT2D eigenvalue weighted by atomic mass is 9.96. The predicted octanol–water partition coefficient (Wildman–Crippen LogP) is 1.00. The first-order chi connectivity index (χ1) is 5.54. The smallest absolute Gasteiger partial charge is 0.303 e. The fraction of sp³-hybridized carbons (Fsp3) is 0.333. The first-order valence-corrected chi connectivity index (χ1v) is 3.64. The Morgan fingerprint density at radius 2 is 2.17 bits per heavy atom. The van der Waals surface area contributed by atoms with E-state index < -0.39 is 11.6 Å². The average Bonchev–Trinajstić information content (AvgIpc) is 1.94. The molecule has 0 amide bonds. The molecule has 0 saturated carbocycles. The molecule has 1 aliphatic carbocycles. The summed E-state index contributed by atoms with van der Waals surface area (Å²) in [7, 11) is 0. The Labute approximate surface area is 70.7 Å². The van der Waals surface area contributed by atoms with Crippen molar-refractivity contribution in [2.24, 2.45) is 0 Å². The number of ketones is 1. The molecule has 0 aromatic rings. The zero-order chi connectivity index (χ0) is 9.19. The van der Waals surface area contributed by atoms with Crippen molar-refractivity contribution in [2.45, 2.75) is 19.4 Å². The van der Waals surface area contributed by atoms with Gasteiger partial charge in [-0.05, 0) is 19.1 Å². The molecule has 3 nitrogen and oxygen atoms in total. The van der Waals surface area contributed by atoms with Crippen molar-refractivity contribution < 1.29 is 14.3 Å². The van der Waals surface area contributed by atoms with Crippen LogP contribution < -0.4 is 0 Å².